The van der Waals surface area contributed by atoms with E-state index in [9.17, 15) is 4.79 Å². The summed E-state index contributed by atoms with van der Waals surface area (Å²) in [5, 5.41) is 3.42. The molecule has 1 heterocycles. The molecular weight excluding hydrogens is 240 g/mol. The van der Waals surface area contributed by atoms with E-state index in [0.717, 1.165) is 36.4 Å². The van der Waals surface area contributed by atoms with E-state index in [1.165, 1.54) is 0 Å². The second-order valence-electron chi connectivity index (χ2n) is 5.43. The number of methoxy groups -OCH3 is 1. The van der Waals surface area contributed by atoms with E-state index in [4.69, 9.17) is 4.74 Å². The van der Waals surface area contributed by atoms with E-state index >= 15 is 0 Å². The van der Waals surface area contributed by atoms with Gasteiger partial charge in [-0.1, -0.05) is 12.1 Å². The highest BCUT2D eigenvalue weighted by Crippen LogP contribution is 2.31. The van der Waals surface area contributed by atoms with Gasteiger partial charge in [-0.25, -0.2) is 0 Å². The molecule has 1 N–H and O–H groups in total. The molecule has 1 saturated carbocycles. The maximum Gasteiger partial charge on any atom is 0.227 e. The van der Waals surface area contributed by atoms with Gasteiger partial charge in [-0.2, -0.15) is 0 Å². The van der Waals surface area contributed by atoms with Gasteiger partial charge in [0.05, 0.1) is 13.5 Å². The van der Waals surface area contributed by atoms with Crippen LogP contribution in [0.5, 0.6) is 5.75 Å². The zero-order chi connectivity index (χ0) is 13.4. The van der Waals surface area contributed by atoms with Crippen LogP contribution in [-0.4, -0.2) is 43.1 Å². The molecule has 0 radical (unpaired) electrons. The normalized spacial score (nSPS) is 24.8. The van der Waals surface area contributed by atoms with Crippen molar-refractivity contribution in [3.63, 3.8) is 0 Å². The van der Waals surface area contributed by atoms with E-state index in [0.29, 0.717) is 18.5 Å². The van der Waals surface area contributed by atoms with Crippen molar-refractivity contribution in [2.75, 3.05) is 20.2 Å². The Morgan fingerprint density at radius 1 is 1.53 bits per heavy atom. The number of benzene rings is 1. The van der Waals surface area contributed by atoms with Crippen molar-refractivity contribution in [1.29, 1.82) is 0 Å². The summed E-state index contributed by atoms with van der Waals surface area (Å²) < 4.78 is 5.31. The van der Waals surface area contributed by atoms with Gasteiger partial charge in [0.2, 0.25) is 5.91 Å². The first-order chi connectivity index (χ1) is 9.19. The summed E-state index contributed by atoms with van der Waals surface area (Å²) in [7, 11) is 1.67. The lowest BCUT2D eigenvalue weighted by Crippen LogP contribution is -2.47. The Morgan fingerprint density at radius 2 is 2.37 bits per heavy atom. The van der Waals surface area contributed by atoms with Crippen LogP contribution < -0.4 is 10.1 Å². The molecule has 0 bridgehead atoms. The summed E-state index contributed by atoms with van der Waals surface area (Å²) in [6.07, 6.45) is 1.59. The molecule has 1 aliphatic carbocycles. The van der Waals surface area contributed by atoms with Crippen molar-refractivity contribution >= 4 is 5.91 Å². The van der Waals surface area contributed by atoms with Crippen molar-refractivity contribution < 1.29 is 9.53 Å². The number of ether oxygens (including phenoxy) is 1. The second-order valence-corrected chi connectivity index (χ2v) is 5.43. The average molecular weight is 260 g/mol. The molecule has 1 aliphatic heterocycles. The van der Waals surface area contributed by atoms with E-state index in [-0.39, 0.29) is 5.91 Å². The van der Waals surface area contributed by atoms with Gasteiger partial charge in [-0.3, -0.25) is 4.79 Å². The molecule has 2 unspecified atom stereocenters. The first-order valence-corrected chi connectivity index (χ1v) is 6.85. The van der Waals surface area contributed by atoms with Crippen molar-refractivity contribution in [3.05, 3.63) is 29.3 Å². The molecule has 3 rings (SSSR count). The van der Waals surface area contributed by atoms with Crippen molar-refractivity contribution in [2.45, 2.75) is 31.8 Å². The van der Waals surface area contributed by atoms with E-state index in [1.807, 2.05) is 30.0 Å². The number of aryl methyl sites for hydroxylation is 1. The summed E-state index contributed by atoms with van der Waals surface area (Å²) in [5.74, 6) is 1.09. The molecular formula is C15H20N2O2. The third-order valence-corrected chi connectivity index (χ3v) is 4.06. The summed E-state index contributed by atoms with van der Waals surface area (Å²) >= 11 is 0. The summed E-state index contributed by atoms with van der Waals surface area (Å²) in [6, 6.07) is 6.99. The maximum absolute atomic E-state index is 12.3. The van der Waals surface area contributed by atoms with Crippen LogP contribution in [0.3, 0.4) is 0 Å². The highest BCUT2D eigenvalue weighted by atomic mass is 16.5. The Morgan fingerprint density at radius 3 is 3.16 bits per heavy atom. The van der Waals surface area contributed by atoms with Crippen LogP contribution in [0.1, 0.15) is 17.5 Å². The number of hydrogen-bond acceptors (Lipinski definition) is 3. The van der Waals surface area contributed by atoms with Crippen LogP contribution in [0.15, 0.2) is 18.2 Å². The number of rotatable bonds is 3. The smallest absolute Gasteiger partial charge is 0.227 e. The first-order valence-electron chi connectivity index (χ1n) is 6.85. The Balaban J connectivity index is 1.69. The SMILES string of the molecule is COc1cc(CC(=O)N2CCNC3CC32)ccc1C. The molecule has 1 aromatic carbocycles. The third-order valence-electron chi connectivity index (χ3n) is 4.06. The number of nitrogens with zero attached hydrogens (tertiary/aromatic N) is 1. The lowest BCUT2D eigenvalue weighted by atomic mass is 10.1. The van der Waals surface area contributed by atoms with Crippen LogP contribution in [0.25, 0.3) is 0 Å². The predicted octanol–water partition coefficient (Wildman–Crippen LogP) is 1.12. The van der Waals surface area contributed by atoms with E-state index in [1.54, 1.807) is 7.11 Å². The van der Waals surface area contributed by atoms with Crippen molar-refractivity contribution in [3.8, 4) is 5.75 Å². The van der Waals surface area contributed by atoms with E-state index in [2.05, 4.69) is 5.32 Å². The quantitative estimate of drug-likeness (QED) is 0.885. The molecule has 2 aliphatic rings. The molecule has 2 fully saturated rings. The van der Waals surface area contributed by atoms with Gasteiger partial charge in [0.1, 0.15) is 5.75 Å². The van der Waals surface area contributed by atoms with Gasteiger partial charge in [-0.05, 0) is 30.5 Å². The minimum Gasteiger partial charge on any atom is -0.496 e. The molecule has 1 aromatic rings. The van der Waals surface area contributed by atoms with Gasteiger partial charge < -0.3 is 15.0 Å². The van der Waals surface area contributed by atoms with Gasteiger partial charge >= 0.3 is 0 Å². The zero-order valence-electron chi connectivity index (χ0n) is 11.5. The Kier molecular flexibility index (Phi) is 3.19. The molecule has 102 valence electrons. The second kappa shape index (κ2) is 4.85. The molecule has 1 saturated heterocycles. The van der Waals surface area contributed by atoms with Gasteiger partial charge in [-0.15, -0.1) is 0 Å². The summed E-state index contributed by atoms with van der Waals surface area (Å²) in [6.45, 7) is 3.77. The Hall–Kier alpha value is -1.55. The highest BCUT2D eigenvalue weighted by Gasteiger charge is 2.45. The molecule has 4 nitrogen and oxygen atoms in total. The number of hydrogen-bond donors (Lipinski definition) is 1. The largest absolute Gasteiger partial charge is 0.496 e. The Labute approximate surface area is 113 Å². The van der Waals surface area contributed by atoms with Crippen LogP contribution in [-0.2, 0) is 11.2 Å². The fourth-order valence-corrected chi connectivity index (χ4v) is 2.84. The van der Waals surface area contributed by atoms with Gasteiger partial charge in [0.25, 0.3) is 0 Å². The molecule has 0 spiro atoms. The summed E-state index contributed by atoms with van der Waals surface area (Å²) in [4.78, 5) is 14.4. The minimum absolute atomic E-state index is 0.236. The lowest BCUT2D eigenvalue weighted by molar-refractivity contribution is -0.131. The highest BCUT2D eigenvalue weighted by molar-refractivity contribution is 5.80. The molecule has 1 amide bonds. The lowest BCUT2D eigenvalue weighted by Gasteiger charge is -2.27. The molecule has 4 heteroatoms. The fourth-order valence-electron chi connectivity index (χ4n) is 2.84. The number of carbonyl (C=O) groups excluding carboxylic acids is 1. The van der Waals surface area contributed by atoms with Crippen LogP contribution in [0.4, 0.5) is 0 Å². The average Bonchev–Trinajstić information content (AvgIpc) is 3.19. The third kappa shape index (κ3) is 2.45. The number of carbonyl (C=O) groups is 1. The Bertz CT molecular complexity index is 501. The summed E-state index contributed by atoms with van der Waals surface area (Å²) in [5.41, 5.74) is 2.13. The maximum atomic E-state index is 12.3. The number of nitrogens with one attached hydrogen (secondary N) is 1. The van der Waals surface area contributed by atoms with Gasteiger partial charge in [0.15, 0.2) is 0 Å². The molecule has 2 atom stereocenters. The number of amides is 1. The number of fused-ring (bicyclic) bond motifs is 1. The fraction of sp³-hybridized carbons (Fsp3) is 0.533. The van der Waals surface area contributed by atoms with E-state index < -0.39 is 0 Å². The van der Waals surface area contributed by atoms with Gasteiger partial charge in [0, 0.05) is 25.2 Å². The first kappa shape index (κ1) is 12.5. The monoisotopic (exact) mass is 260 g/mol. The minimum atomic E-state index is 0.236. The van der Waals surface area contributed by atoms with Crippen molar-refractivity contribution in [2.24, 2.45) is 0 Å². The number of piperazine rings is 1. The molecule has 0 aromatic heterocycles. The van der Waals surface area contributed by atoms with Crippen molar-refractivity contribution in [1.82, 2.24) is 10.2 Å². The topological polar surface area (TPSA) is 41.6 Å². The predicted molar refractivity (Wildman–Crippen MR) is 73.3 cm³/mol. The molecule has 19 heavy (non-hydrogen) atoms. The van der Waals surface area contributed by atoms with Crippen LogP contribution in [0, 0.1) is 6.92 Å². The standard InChI is InChI=1S/C15H20N2O2/c1-10-3-4-11(7-14(10)19-2)8-15(18)17-6-5-16-12-9-13(12)17/h3-4,7,12-13,16H,5-6,8-9H2,1-2H3. The van der Waals surface area contributed by atoms with Crippen LogP contribution in [0.2, 0.25) is 0 Å². The zero-order valence-corrected chi connectivity index (χ0v) is 11.5. The van der Waals surface area contributed by atoms with Crippen LogP contribution >= 0.6 is 0 Å².